The van der Waals surface area contributed by atoms with Gasteiger partial charge in [0.1, 0.15) is 13.2 Å². The van der Waals surface area contributed by atoms with Crippen molar-refractivity contribution in [1.82, 2.24) is 0 Å². The van der Waals surface area contributed by atoms with Crippen molar-refractivity contribution in [2.45, 2.75) is 245 Å². The molecule has 0 aromatic carbocycles. The van der Waals surface area contributed by atoms with Crippen molar-refractivity contribution in [3.63, 3.8) is 0 Å². The van der Waals surface area contributed by atoms with Crippen molar-refractivity contribution >= 4 is 17.9 Å². The first kappa shape index (κ1) is 59.6. The molecule has 0 aliphatic carbocycles. The average molecular weight is 877 g/mol. The van der Waals surface area contributed by atoms with Crippen LogP contribution in [0.5, 0.6) is 0 Å². The number of ether oxygens (including phenoxy) is 3. The summed E-state index contributed by atoms with van der Waals surface area (Å²) in [5.74, 6) is -1.07. The first-order chi connectivity index (χ1) is 31.0. The highest BCUT2D eigenvalue weighted by Gasteiger charge is 2.19. The van der Waals surface area contributed by atoms with Crippen LogP contribution in [-0.4, -0.2) is 37.2 Å². The van der Waals surface area contributed by atoms with E-state index in [1.807, 2.05) is 6.08 Å². The highest BCUT2D eigenvalue weighted by atomic mass is 16.6. The van der Waals surface area contributed by atoms with E-state index in [-0.39, 0.29) is 31.6 Å². The summed E-state index contributed by atoms with van der Waals surface area (Å²) < 4.78 is 16.7. The van der Waals surface area contributed by atoms with Crippen molar-refractivity contribution < 1.29 is 28.6 Å². The lowest BCUT2D eigenvalue weighted by molar-refractivity contribution is -0.166. The molecule has 0 saturated carbocycles. The first-order valence-corrected chi connectivity index (χ1v) is 26.1. The van der Waals surface area contributed by atoms with Gasteiger partial charge in [-0.3, -0.25) is 14.4 Å². The maximum absolute atomic E-state index is 12.7. The minimum absolute atomic E-state index is 0.0938. The van der Waals surface area contributed by atoms with E-state index in [1.165, 1.54) is 116 Å². The number of rotatable bonds is 46. The summed E-state index contributed by atoms with van der Waals surface area (Å²) >= 11 is 0. The summed E-state index contributed by atoms with van der Waals surface area (Å²) in [6.45, 7) is 6.40. The van der Waals surface area contributed by atoms with E-state index in [2.05, 4.69) is 93.7 Å². The maximum atomic E-state index is 12.7. The fourth-order valence-corrected chi connectivity index (χ4v) is 6.98. The predicted octanol–water partition coefficient (Wildman–Crippen LogP) is 17.2. The van der Waals surface area contributed by atoms with Crippen molar-refractivity contribution in [3.05, 3.63) is 85.1 Å². The zero-order valence-corrected chi connectivity index (χ0v) is 41.1. The Hall–Kier alpha value is -3.41. The smallest absolute Gasteiger partial charge is 0.310 e. The molecule has 63 heavy (non-hydrogen) atoms. The third kappa shape index (κ3) is 49.5. The van der Waals surface area contributed by atoms with Crippen LogP contribution in [0.1, 0.15) is 239 Å². The molecule has 0 heterocycles. The molecule has 0 radical (unpaired) electrons. The second kappa shape index (κ2) is 51.2. The molecule has 0 N–H and O–H groups in total. The maximum Gasteiger partial charge on any atom is 0.310 e. The lowest BCUT2D eigenvalue weighted by Gasteiger charge is -2.18. The average Bonchev–Trinajstić information content (AvgIpc) is 3.28. The van der Waals surface area contributed by atoms with Crippen LogP contribution >= 0.6 is 0 Å². The summed E-state index contributed by atoms with van der Waals surface area (Å²) in [4.78, 5) is 37.9. The lowest BCUT2D eigenvalue weighted by atomic mass is 10.1. The number of carbonyl (C=O) groups is 3. The van der Waals surface area contributed by atoms with E-state index in [1.54, 1.807) is 6.08 Å². The van der Waals surface area contributed by atoms with Crippen molar-refractivity contribution in [2.75, 3.05) is 13.2 Å². The molecule has 1 unspecified atom stereocenters. The minimum atomic E-state index is -0.835. The molecule has 0 fully saturated rings. The van der Waals surface area contributed by atoms with Crippen LogP contribution in [0.15, 0.2) is 85.1 Å². The van der Waals surface area contributed by atoms with Gasteiger partial charge in [0.2, 0.25) is 0 Å². The van der Waals surface area contributed by atoms with Gasteiger partial charge in [0.15, 0.2) is 6.10 Å². The van der Waals surface area contributed by atoms with Gasteiger partial charge in [0, 0.05) is 12.8 Å². The molecule has 0 aromatic rings. The molecule has 6 heteroatoms. The second-order valence-corrected chi connectivity index (χ2v) is 17.1. The molecule has 0 saturated heterocycles. The van der Waals surface area contributed by atoms with Crippen molar-refractivity contribution in [3.8, 4) is 0 Å². The zero-order chi connectivity index (χ0) is 45.8. The summed E-state index contributed by atoms with van der Waals surface area (Å²) in [6.07, 6.45) is 65.9. The van der Waals surface area contributed by atoms with Crippen LogP contribution in [0, 0.1) is 0 Å². The number of allylic oxidation sites excluding steroid dienone is 13. The zero-order valence-electron chi connectivity index (χ0n) is 41.1. The minimum Gasteiger partial charge on any atom is -0.462 e. The van der Waals surface area contributed by atoms with E-state index >= 15 is 0 Å². The number of hydrogen-bond donors (Lipinski definition) is 0. The van der Waals surface area contributed by atoms with Gasteiger partial charge in [-0.1, -0.05) is 209 Å². The Morgan fingerprint density at radius 3 is 1.06 bits per heavy atom. The Balaban J connectivity index is 4.49. The van der Waals surface area contributed by atoms with Gasteiger partial charge in [-0.05, 0) is 96.3 Å². The molecule has 0 aromatic heterocycles. The molecule has 1 atom stereocenters. The Morgan fingerprint density at radius 1 is 0.349 bits per heavy atom. The first-order valence-electron chi connectivity index (χ1n) is 26.1. The van der Waals surface area contributed by atoms with Crippen molar-refractivity contribution in [1.29, 1.82) is 0 Å². The number of unbranched alkanes of at least 4 members (excludes halogenated alkanes) is 22. The molecular weight excluding hydrogens is 781 g/mol. The van der Waals surface area contributed by atoms with Gasteiger partial charge in [-0.15, -0.1) is 0 Å². The lowest BCUT2D eigenvalue weighted by Crippen LogP contribution is -2.30. The fourth-order valence-electron chi connectivity index (χ4n) is 6.98. The molecule has 0 bridgehead atoms. The summed E-state index contributed by atoms with van der Waals surface area (Å²) in [6, 6.07) is 0. The summed E-state index contributed by atoms with van der Waals surface area (Å²) in [5, 5.41) is 0. The summed E-state index contributed by atoms with van der Waals surface area (Å²) in [5.41, 5.74) is 0. The van der Waals surface area contributed by atoms with E-state index in [9.17, 15) is 14.4 Å². The number of hydrogen-bond acceptors (Lipinski definition) is 6. The monoisotopic (exact) mass is 877 g/mol. The molecular formula is C57H96O6. The Bertz CT molecular complexity index is 1240. The van der Waals surface area contributed by atoms with Gasteiger partial charge in [0.05, 0.1) is 6.42 Å². The van der Waals surface area contributed by atoms with Gasteiger partial charge in [0.25, 0.3) is 0 Å². The molecule has 0 amide bonds. The van der Waals surface area contributed by atoms with Crippen molar-refractivity contribution in [2.24, 2.45) is 0 Å². The van der Waals surface area contributed by atoms with E-state index in [0.717, 1.165) is 83.5 Å². The van der Waals surface area contributed by atoms with Gasteiger partial charge in [-0.25, -0.2) is 0 Å². The molecule has 0 spiro atoms. The standard InChI is InChI=1S/C57H96O6/c1-4-7-10-13-16-19-22-25-27-28-29-31-32-35-38-41-44-47-50-56(59)62-53-54(52-61-55(58)49-46-43-40-37-34-24-21-18-15-12-9-6-3)63-57(60)51-48-45-42-39-36-33-30-26-23-20-17-14-11-8-5-2/h8,11,17-18,20-21,26-28,30,36,39,45,48,54H,4-7,9-10,12-16,19,22-25,29,31-35,37-38,40-44,46-47,49-53H2,1-3H3/b11-8-,20-17-,21-18-,28-27-,30-26-,39-36-,48-45-. The quantitative estimate of drug-likeness (QED) is 0.0262. The van der Waals surface area contributed by atoms with Crippen LogP contribution in [0.3, 0.4) is 0 Å². The third-order valence-electron chi connectivity index (χ3n) is 10.9. The molecule has 0 aliphatic rings. The number of carbonyl (C=O) groups excluding carboxylic acids is 3. The Morgan fingerprint density at radius 2 is 0.667 bits per heavy atom. The van der Waals surface area contributed by atoms with Gasteiger partial charge < -0.3 is 14.2 Å². The highest BCUT2D eigenvalue weighted by molar-refractivity contribution is 5.72. The third-order valence-corrected chi connectivity index (χ3v) is 10.9. The van der Waals surface area contributed by atoms with Crippen LogP contribution in [0.2, 0.25) is 0 Å². The van der Waals surface area contributed by atoms with Gasteiger partial charge in [-0.2, -0.15) is 0 Å². The summed E-state index contributed by atoms with van der Waals surface area (Å²) in [7, 11) is 0. The molecule has 360 valence electrons. The van der Waals surface area contributed by atoms with Crippen LogP contribution in [-0.2, 0) is 28.6 Å². The Labute approximate surface area is 388 Å². The van der Waals surface area contributed by atoms with Crippen LogP contribution in [0.25, 0.3) is 0 Å². The largest absolute Gasteiger partial charge is 0.462 e. The van der Waals surface area contributed by atoms with E-state index < -0.39 is 12.1 Å². The SMILES string of the molecule is CC/C=C\C/C=C\C/C=C\C/C=C\C/C=C\CC(=O)OC(COC(=O)CCCCCCC/C=C\CCCCC)COC(=O)CCCCCCCCC/C=C\CCCCCCCCC. The van der Waals surface area contributed by atoms with Crippen LogP contribution in [0.4, 0.5) is 0 Å². The normalized spacial score (nSPS) is 12.7. The number of esters is 3. The predicted molar refractivity (Wildman–Crippen MR) is 270 cm³/mol. The topological polar surface area (TPSA) is 78.9 Å². The fraction of sp³-hybridized carbons (Fsp3) is 0.702. The highest BCUT2D eigenvalue weighted by Crippen LogP contribution is 2.13. The van der Waals surface area contributed by atoms with Gasteiger partial charge >= 0.3 is 17.9 Å². The molecule has 0 rings (SSSR count). The Kier molecular flexibility index (Phi) is 48.5. The van der Waals surface area contributed by atoms with Crippen LogP contribution < -0.4 is 0 Å². The van der Waals surface area contributed by atoms with E-state index in [4.69, 9.17) is 14.2 Å². The molecule has 6 nitrogen and oxygen atoms in total. The molecule has 0 aliphatic heterocycles. The van der Waals surface area contributed by atoms with E-state index in [0.29, 0.717) is 12.8 Å². The second-order valence-electron chi connectivity index (χ2n) is 17.1.